The van der Waals surface area contributed by atoms with Crippen LogP contribution in [0.25, 0.3) is 10.2 Å². The fraction of sp³-hybridized carbons (Fsp3) is 0.583. The zero-order chi connectivity index (χ0) is 27.0. The molecule has 2 aliphatic rings. The van der Waals surface area contributed by atoms with Crippen LogP contribution in [0, 0.1) is 5.92 Å². The second-order valence-electron chi connectivity index (χ2n) is 9.63. The van der Waals surface area contributed by atoms with Crippen LogP contribution < -0.4 is 4.74 Å². The summed E-state index contributed by atoms with van der Waals surface area (Å²) in [5, 5.41) is 17.2. The van der Waals surface area contributed by atoms with Gasteiger partial charge in [0, 0.05) is 35.1 Å². The number of amides is 1. The number of carbonyl (C=O) groups is 2. The summed E-state index contributed by atoms with van der Waals surface area (Å²) in [5.74, 6) is -2.35. The molecule has 1 aliphatic heterocycles. The van der Waals surface area contributed by atoms with Crippen LogP contribution in [0.1, 0.15) is 60.7 Å². The molecule has 3 aromatic rings. The molecule has 0 aromatic carbocycles. The lowest BCUT2D eigenvalue weighted by Crippen LogP contribution is -2.39. The standard InChI is InChI=1S/C24H27F3N6O4S/c1-2-3-15-11-16-19(14-6-7-33-17(10-14)30-31-22(33)24(25,26)27)28-23(29-20(16)38-15)37-9-8-32(12-18(34)35)21(36)13-4-5-13/h11,13-14H,2-10,12H2,1H3,(H,34,35). The number of halogens is 3. The first-order valence-corrected chi connectivity index (χ1v) is 13.4. The predicted octanol–water partition coefficient (Wildman–Crippen LogP) is 3.69. The van der Waals surface area contributed by atoms with Gasteiger partial charge in [0.25, 0.3) is 0 Å². The van der Waals surface area contributed by atoms with Crippen LogP contribution in [0.4, 0.5) is 13.2 Å². The average Bonchev–Trinajstić information content (AvgIpc) is 3.48. The molecule has 1 aliphatic carbocycles. The summed E-state index contributed by atoms with van der Waals surface area (Å²) in [6, 6.07) is 2.13. The highest BCUT2D eigenvalue weighted by atomic mass is 32.1. The number of carboxylic acid groups (broad SMARTS) is 1. The van der Waals surface area contributed by atoms with Gasteiger partial charge in [-0.1, -0.05) is 13.3 Å². The first kappa shape index (κ1) is 26.3. The molecule has 10 nitrogen and oxygen atoms in total. The molecule has 4 heterocycles. The van der Waals surface area contributed by atoms with E-state index in [4.69, 9.17) is 4.74 Å². The summed E-state index contributed by atoms with van der Waals surface area (Å²) >= 11 is 1.52. The summed E-state index contributed by atoms with van der Waals surface area (Å²) in [7, 11) is 0. The zero-order valence-corrected chi connectivity index (χ0v) is 21.5. The summed E-state index contributed by atoms with van der Waals surface area (Å²) in [6.07, 6.45) is -0.581. The van der Waals surface area contributed by atoms with Crippen molar-refractivity contribution in [2.45, 2.75) is 64.1 Å². The highest BCUT2D eigenvalue weighted by Gasteiger charge is 2.40. The van der Waals surface area contributed by atoms with E-state index in [1.807, 2.05) is 6.07 Å². The molecular formula is C24H27F3N6O4S. The number of ether oxygens (including phenoxy) is 1. The lowest BCUT2D eigenvalue weighted by Gasteiger charge is -2.24. The highest BCUT2D eigenvalue weighted by Crippen LogP contribution is 2.38. The molecule has 5 rings (SSSR count). The molecule has 0 spiro atoms. The Morgan fingerprint density at radius 3 is 2.71 bits per heavy atom. The Kier molecular flexibility index (Phi) is 7.25. The Hall–Kier alpha value is -3.29. The minimum atomic E-state index is -4.57. The van der Waals surface area contributed by atoms with Crippen molar-refractivity contribution < 1.29 is 32.6 Å². The van der Waals surface area contributed by atoms with Gasteiger partial charge in [-0.25, -0.2) is 0 Å². The van der Waals surface area contributed by atoms with E-state index < -0.39 is 24.5 Å². The van der Waals surface area contributed by atoms with Crippen molar-refractivity contribution in [3.63, 3.8) is 0 Å². The van der Waals surface area contributed by atoms with Gasteiger partial charge in [-0.2, -0.15) is 23.1 Å². The molecule has 1 fully saturated rings. The maximum Gasteiger partial charge on any atom is 0.451 e. The topological polar surface area (TPSA) is 123 Å². The Labute approximate surface area is 219 Å². The van der Waals surface area contributed by atoms with E-state index in [0.717, 1.165) is 40.5 Å². The molecule has 1 N–H and O–H groups in total. The predicted molar refractivity (Wildman–Crippen MR) is 130 cm³/mol. The Morgan fingerprint density at radius 1 is 1.24 bits per heavy atom. The number of carboxylic acids is 1. The maximum atomic E-state index is 13.3. The summed E-state index contributed by atoms with van der Waals surface area (Å²) in [4.78, 5) is 36.0. The van der Waals surface area contributed by atoms with Gasteiger partial charge in [0.2, 0.25) is 11.7 Å². The molecule has 0 bridgehead atoms. The third-order valence-corrected chi connectivity index (χ3v) is 7.79. The van der Waals surface area contributed by atoms with Crippen molar-refractivity contribution in [1.29, 1.82) is 0 Å². The van der Waals surface area contributed by atoms with Crippen LogP contribution in [0.15, 0.2) is 6.07 Å². The smallest absolute Gasteiger partial charge is 0.451 e. The maximum absolute atomic E-state index is 13.3. The molecule has 0 saturated heterocycles. The van der Waals surface area contributed by atoms with Crippen molar-refractivity contribution in [3.8, 4) is 6.01 Å². The summed E-state index contributed by atoms with van der Waals surface area (Å²) < 4.78 is 46.8. The highest BCUT2D eigenvalue weighted by molar-refractivity contribution is 7.18. The second-order valence-corrected chi connectivity index (χ2v) is 10.7. The van der Waals surface area contributed by atoms with E-state index in [-0.39, 0.29) is 55.7 Å². The SMILES string of the molecule is CCCc1cc2c(C3CCn4c(nnc4C(F)(F)F)C3)nc(OCCN(CC(=O)O)C(=O)C3CC3)nc2s1. The second kappa shape index (κ2) is 10.5. The molecule has 1 amide bonds. The van der Waals surface area contributed by atoms with E-state index in [9.17, 15) is 27.9 Å². The molecule has 1 unspecified atom stereocenters. The monoisotopic (exact) mass is 552 g/mol. The number of nitrogens with zero attached hydrogens (tertiary/aromatic N) is 6. The molecule has 14 heteroatoms. The molecule has 204 valence electrons. The minimum absolute atomic E-state index is 0.0117. The molecule has 0 radical (unpaired) electrons. The molecule has 3 aromatic heterocycles. The normalized spacial score (nSPS) is 17.4. The zero-order valence-electron chi connectivity index (χ0n) is 20.7. The van der Waals surface area contributed by atoms with Crippen molar-refractivity contribution in [2.24, 2.45) is 5.92 Å². The lowest BCUT2D eigenvalue weighted by molar-refractivity contribution is -0.147. The van der Waals surface area contributed by atoms with Gasteiger partial charge < -0.3 is 19.3 Å². The van der Waals surface area contributed by atoms with E-state index in [0.29, 0.717) is 16.9 Å². The van der Waals surface area contributed by atoms with Crippen molar-refractivity contribution in [3.05, 3.63) is 28.3 Å². The number of fused-ring (bicyclic) bond motifs is 2. The number of carbonyl (C=O) groups excluding carboxylic acids is 1. The van der Waals surface area contributed by atoms with Gasteiger partial charge in [-0.05, 0) is 31.7 Å². The first-order valence-electron chi connectivity index (χ1n) is 12.6. The van der Waals surface area contributed by atoms with E-state index in [1.54, 1.807) is 0 Å². The minimum Gasteiger partial charge on any atom is -0.480 e. The lowest BCUT2D eigenvalue weighted by atomic mass is 9.92. The Morgan fingerprint density at radius 2 is 2.03 bits per heavy atom. The quantitative estimate of drug-likeness (QED) is 0.404. The third-order valence-electron chi connectivity index (χ3n) is 6.70. The van der Waals surface area contributed by atoms with E-state index >= 15 is 0 Å². The van der Waals surface area contributed by atoms with Crippen LogP contribution in [-0.4, -0.2) is 66.3 Å². The average molecular weight is 553 g/mol. The largest absolute Gasteiger partial charge is 0.480 e. The van der Waals surface area contributed by atoms with Crippen LogP contribution in [0.3, 0.4) is 0 Å². The van der Waals surface area contributed by atoms with Gasteiger partial charge in [-0.3, -0.25) is 9.59 Å². The number of thiophene rings is 1. The van der Waals surface area contributed by atoms with E-state index in [2.05, 4.69) is 27.1 Å². The van der Waals surface area contributed by atoms with Gasteiger partial charge in [-0.15, -0.1) is 21.5 Å². The van der Waals surface area contributed by atoms with Gasteiger partial charge in [0.1, 0.15) is 23.8 Å². The molecule has 1 atom stereocenters. The van der Waals surface area contributed by atoms with Crippen LogP contribution >= 0.6 is 11.3 Å². The third kappa shape index (κ3) is 5.59. The number of alkyl halides is 3. The summed E-state index contributed by atoms with van der Waals surface area (Å²) in [5.41, 5.74) is 0.683. The first-order chi connectivity index (χ1) is 18.1. The van der Waals surface area contributed by atoms with Gasteiger partial charge in [0.05, 0.1) is 12.2 Å². The van der Waals surface area contributed by atoms with Gasteiger partial charge >= 0.3 is 18.2 Å². The number of hydrogen-bond donors (Lipinski definition) is 1. The fourth-order valence-electron chi connectivity index (χ4n) is 4.76. The number of aromatic nitrogens is 5. The van der Waals surface area contributed by atoms with Crippen molar-refractivity contribution >= 4 is 33.4 Å². The number of hydrogen-bond acceptors (Lipinski definition) is 8. The molecule has 38 heavy (non-hydrogen) atoms. The Bertz CT molecular complexity index is 1350. The van der Waals surface area contributed by atoms with Crippen LogP contribution in [0.2, 0.25) is 0 Å². The van der Waals surface area contributed by atoms with Crippen LogP contribution in [0.5, 0.6) is 6.01 Å². The molecule has 1 saturated carbocycles. The fourth-order valence-corrected chi connectivity index (χ4v) is 5.88. The Balaban J connectivity index is 1.38. The van der Waals surface area contributed by atoms with Gasteiger partial charge in [0.15, 0.2) is 0 Å². The van der Waals surface area contributed by atoms with Crippen molar-refractivity contribution in [1.82, 2.24) is 29.6 Å². The molecular weight excluding hydrogens is 525 g/mol. The van der Waals surface area contributed by atoms with E-state index in [1.165, 1.54) is 16.2 Å². The van der Waals surface area contributed by atoms with Crippen LogP contribution in [-0.2, 0) is 35.2 Å². The summed E-state index contributed by atoms with van der Waals surface area (Å²) in [6.45, 7) is 1.87. The number of aryl methyl sites for hydroxylation is 1. The number of rotatable bonds is 10. The van der Waals surface area contributed by atoms with Crippen molar-refractivity contribution in [2.75, 3.05) is 19.7 Å². The number of aliphatic carboxylic acids is 1.